The third-order valence-electron chi connectivity index (χ3n) is 1.73. The van der Waals surface area contributed by atoms with Gasteiger partial charge in [-0.2, -0.15) is 0 Å². The van der Waals surface area contributed by atoms with Gasteiger partial charge in [0.15, 0.2) is 0 Å². The molecule has 0 saturated carbocycles. The van der Waals surface area contributed by atoms with Gasteiger partial charge in [-0.05, 0) is 0 Å². The van der Waals surface area contributed by atoms with Gasteiger partial charge in [0.2, 0.25) is 5.91 Å². The van der Waals surface area contributed by atoms with E-state index in [1.165, 1.54) is 0 Å². The van der Waals surface area contributed by atoms with Crippen LogP contribution in [0.2, 0.25) is 0 Å². The topological polar surface area (TPSA) is 55.1 Å². The van der Waals surface area contributed by atoms with E-state index in [-0.39, 0.29) is 17.9 Å². The van der Waals surface area contributed by atoms with Crippen molar-refractivity contribution in [2.45, 2.75) is 6.04 Å². The standard InChI is InChI=1S/C8H12N2O/c1-10-8(11)6-4-2-3-5-7(6)9/h2-7H,9H2,1H3,(H,10,11). The molecule has 11 heavy (non-hydrogen) atoms. The Labute approximate surface area is 66.0 Å². The van der Waals surface area contributed by atoms with Gasteiger partial charge in [0.1, 0.15) is 0 Å². The second-order valence-electron chi connectivity index (χ2n) is 2.49. The summed E-state index contributed by atoms with van der Waals surface area (Å²) in [5, 5.41) is 2.56. The first-order valence-electron chi connectivity index (χ1n) is 3.58. The first kappa shape index (κ1) is 8.01. The highest BCUT2D eigenvalue weighted by Gasteiger charge is 2.20. The van der Waals surface area contributed by atoms with Crippen molar-refractivity contribution in [1.82, 2.24) is 5.32 Å². The highest BCUT2D eigenvalue weighted by molar-refractivity contribution is 5.81. The highest BCUT2D eigenvalue weighted by Crippen LogP contribution is 2.09. The van der Waals surface area contributed by atoms with Crippen molar-refractivity contribution in [1.29, 1.82) is 0 Å². The lowest BCUT2D eigenvalue weighted by molar-refractivity contribution is -0.123. The lowest BCUT2D eigenvalue weighted by Crippen LogP contribution is -2.39. The summed E-state index contributed by atoms with van der Waals surface area (Å²) in [7, 11) is 1.61. The fraction of sp³-hybridized carbons (Fsp3) is 0.375. The molecule has 3 nitrogen and oxygen atoms in total. The molecule has 1 rings (SSSR count). The van der Waals surface area contributed by atoms with Crippen LogP contribution in [0.5, 0.6) is 0 Å². The molecule has 0 heterocycles. The van der Waals surface area contributed by atoms with Crippen LogP contribution in [0.4, 0.5) is 0 Å². The second kappa shape index (κ2) is 3.34. The molecule has 2 atom stereocenters. The van der Waals surface area contributed by atoms with Gasteiger partial charge in [-0.15, -0.1) is 0 Å². The molecule has 0 fully saturated rings. The normalized spacial score (nSPS) is 28.5. The molecule has 2 unspecified atom stereocenters. The van der Waals surface area contributed by atoms with Gasteiger partial charge in [0, 0.05) is 13.1 Å². The van der Waals surface area contributed by atoms with E-state index in [9.17, 15) is 4.79 Å². The molecule has 1 aliphatic carbocycles. The fourth-order valence-corrected chi connectivity index (χ4v) is 1.05. The van der Waals surface area contributed by atoms with Crippen LogP contribution >= 0.6 is 0 Å². The third kappa shape index (κ3) is 1.68. The van der Waals surface area contributed by atoms with E-state index in [2.05, 4.69) is 5.32 Å². The molecule has 0 bridgehead atoms. The number of carbonyl (C=O) groups is 1. The number of nitrogens with two attached hydrogens (primary N) is 1. The van der Waals surface area contributed by atoms with Crippen molar-refractivity contribution in [3.05, 3.63) is 24.3 Å². The molecule has 0 spiro atoms. The van der Waals surface area contributed by atoms with Crippen LogP contribution in [0.15, 0.2) is 24.3 Å². The van der Waals surface area contributed by atoms with E-state index in [0.717, 1.165) is 0 Å². The number of rotatable bonds is 1. The van der Waals surface area contributed by atoms with Crippen molar-refractivity contribution < 1.29 is 4.79 Å². The number of allylic oxidation sites excluding steroid dienone is 2. The Morgan fingerprint density at radius 1 is 1.45 bits per heavy atom. The molecular weight excluding hydrogens is 140 g/mol. The number of nitrogens with one attached hydrogen (secondary N) is 1. The summed E-state index contributed by atoms with van der Waals surface area (Å²) in [6.45, 7) is 0. The Kier molecular flexibility index (Phi) is 2.44. The molecule has 0 aromatic heterocycles. The minimum absolute atomic E-state index is 0.0295. The lowest BCUT2D eigenvalue weighted by atomic mass is 9.95. The maximum atomic E-state index is 11.1. The largest absolute Gasteiger partial charge is 0.359 e. The van der Waals surface area contributed by atoms with Crippen LogP contribution < -0.4 is 11.1 Å². The van der Waals surface area contributed by atoms with E-state index in [0.29, 0.717) is 0 Å². The zero-order chi connectivity index (χ0) is 8.27. The summed E-state index contributed by atoms with van der Waals surface area (Å²) < 4.78 is 0. The van der Waals surface area contributed by atoms with Gasteiger partial charge in [0.25, 0.3) is 0 Å². The molecule has 0 aromatic rings. The fourth-order valence-electron chi connectivity index (χ4n) is 1.05. The third-order valence-corrected chi connectivity index (χ3v) is 1.73. The summed E-state index contributed by atoms with van der Waals surface area (Å²) in [5.41, 5.74) is 5.66. The van der Waals surface area contributed by atoms with Crippen LogP contribution in [0.1, 0.15) is 0 Å². The van der Waals surface area contributed by atoms with Gasteiger partial charge in [-0.1, -0.05) is 24.3 Å². The van der Waals surface area contributed by atoms with E-state index >= 15 is 0 Å². The second-order valence-corrected chi connectivity index (χ2v) is 2.49. The SMILES string of the molecule is CNC(=O)C1C=CC=CC1N. The molecule has 0 saturated heterocycles. The monoisotopic (exact) mass is 152 g/mol. The van der Waals surface area contributed by atoms with E-state index in [4.69, 9.17) is 5.73 Å². The summed E-state index contributed by atoms with van der Waals surface area (Å²) in [6.07, 6.45) is 7.32. The average Bonchev–Trinajstić information content (AvgIpc) is 2.04. The minimum atomic E-state index is -0.204. The van der Waals surface area contributed by atoms with Crippen molar-refractivity contribution in [2.75, 3.05) is 7.05 Å². The van der Waals surface area contributed by atoms with Crippen LogP contribution in [0, 0.1) is 5.92 Å². The van der Waals surface area contributed by atoms with Crippen molar-refractivity contribution >= 4 is 5.91 Å². The predicted octanol–water partition coefficient (Wildman–Crippen LogP) is -0.198. The number of amides is 1. The Balaban J connectivity index is 2.65. The molecular formula is C8H12N2O. The summed E-state index contributed by atoms with van der Waals surface area (Å²) in [6, 6.07) is -0.181. The Hall–Kier alpha value is -1.09. The van der Waals surface area contributed by atoms with Gasteiger partial charge in [-0.25, -0.2) is 0 Å². The smallest absolute Gasteiger partial charge is 0.228 e. The summed E-state index contributed by atoms with van der Waals surface area (Å²) in [5.74, 6) is -0.233. The van der Waals surface area contributed by atoms with Crippen LogP contribution in [-0.4, -0.2) is 19.0 Å². The van der Waals surface area contributed by atoms with Gasteiger partial charge >= 0.3 is 0 Å². The van der Waals surface area contributed by atoms with Crippen LogP contribution in [-0.2, 0) is 4.79 Å². The lowest BCUT2D eigenvalue weighted by Gasteiger charge is -2.17. The Bertz CT molecular complexity index is 208. The summed E-state index contributed by atoms with van der Waals surface area (Å²) in [4.78, 5) is 11.1. The molecule has 60 valence electrons. The van der Waals surface area contributed by atoms with Crippen molar-refractivity contribution in [3.63, 3.8) is 0 Å². The maximum Gasteiger partial charge on any atom is 0.228 e. The van der Waals surface area contributed by atoms with Crippen molar-refractivity contribution in [2.24, 2.45) is 11.7 Å². The molecule has 1 aliphatic rings. The van der Waals surface area contributed by atoms with E-state index in [1.54, 1.807) is 7.05 Å². The van der Waals surface area contributed by atoms with Crippen LogP contribution in [0.3, 0.4) is 0 Å². The molecule has 0 aromatic carbocycles. The van der Waals surface area contributed by atoms with Gasteiger partial charge in [0.05, 0.1) is 5.92 Å². The first-order valence-corrected chi connectivity index (χ1v) is 3.58. The van der Waals surface area contributed by atoms with Gasteiger partial charge < -0.3 is 11.1 Å². The van der Waals surface area contributed by atoms with Gasteiger partial charge in [-0.3, -0.25) is 4.79 Å². The molecule has 3 heteroatoms. The van der Waals surface area contributed by atoms with E-state index in [1.807, 2.05) is 24.3 Å². The molecule has 0 radical (unpaired) electrons. The molecule has 1 amide bonds. The zero-order valence-electron chi connectivity index (χ0n) is 6.45. The molecule has 3 N–H and O–H groups in total. The quantitative estimate of drug-likeness (QED) is 0.547. The highest BCUT2D eigenvalue weighted by atomic mass is 16.1. The number of hydrogen-bond acceptors (Lipinski definition) is 2. The van der Waals surface area contributed by atoms with E-state index < -0.39 is 0 Å². The number of hydrogen-bond donors (Lipinski definition) is 2. The average molecular weight is 152 g/mol. The minimum Gasteiger partial charge on any atom is -0.359 e. The predicted molar refractivity (Wildman–Crippen MR) is 43.8 cm³/mol. The molecule has 0 aliphatic heterocycles. The van der Waals surface area contributed by atoms with Crippen molar-refractivity contribution in [3.8, 4) is 0 Å². The van der Waals surface area contributed by atoms with Crippen LogP contribution in [0.25, 0.3) is 0 Å². The zero-order valence-corrected chi connectivity index (χ0v) is 6.45. The maximum absolute atomic E-state index is 11.1. The summed E-state index contributed by atoms with van der Waals surface area (Å²) >= 11 is 0. The number of carbonyl (C=O) groups excluding carboxylic acids is 1. The Morgan fingerprint density at radius 3 is 2.64 bits per heavy atom. The Morgan fingerprint density at radius 2 is 2.09 bits per heavy atom. The first-order chi connectivity index (χ1) is 5.25.